The van der Waals surface area contributed by atoms with Crippen LogP contribution >= 0.6 is 36.2 Å². The molecule has 3 rings (SSSR count). The molecule has 0 bridgehead atoms. The van der Waals surface area contributed by atoms with Crippen molar-refractivity contribution in [3.63, 3.8) is 0 Å². The van der Waals surface area contributed by atoms with Crippen LogP contribution in [0.2, 0.25) is 0 Å². The van der Waals surface area contributed by atoms with Crippen molar-refractivity contribution in [3.05, 3.63) is 57.3 Å². The molecular formula is C15H15NS3. The molecule has 0 saturated carbocycles. The molecule has 1 aromatic heterocycles. The summed E-state index contributed by atoms with van der Waals surface area (Å²) in [5.74, 6) is 0. The van der Waals surface area contributed by atoms with E-state index in [1.165, 1.54) is 20.9 Å². The Kier molecular flexibility index (Phi) is 3.91. The maximum absolute atomic E-state index is 5.15. The number of thiocarbonyl (C=S) groups is 1. The maximum atomic E-state index is 5.15. The highest BCUT2D eigenvalue weighted by Gasteiger charge is 2.19. The quantitative estimate of drug-likeness (QED) is 0.662. The van der Waals surface area contributed by atoms with Crippen LogP contribution < -0.4 is 0 Å². The number of thiol groups is 1. The van der Waals surface area contributed by atoms with Gasteiger partial charge in [-0.3, -0.25) is 0 Å². The molecule has 0 fully saturated rings. The minimum absolute atomic E-state index is 0.710. The van der Waals surface area contributed by atoms with Crippen molar-refractivity contribution >= 4 is 40.5 Å². The lowest BCUT2D eigenvalue weighted by Gasteiger charge is -2.26. The van der Waals surface area contributed by atoms with Gasteiger partial charge in [-0.1, -0.05) is 42.5 Å². The predicted molar refractivity (Wildman–Crippen MR) is 89.3 cm³/mol. The third kappa shape index (κ3) is 3.02. The van der Waals surface area contributed by atoms with Crippen molar-refractivity contribution in [2.75, 3.05) is 6.54 Å². The van der Waals surface area contributed by atoms with E-state index >= 15 is 0 Å². The standard InChI is InChI=1S/C15H15NS3/c17-15(18)16-7-6-14-12(10-16)9-13(19-14)8-11-4-2-1-3-5-11/h1-5,9H,6-8,10H2,(H,17,18). The second-order valence-electron chi connectivity index (χ2n) is 4.78. The Bertz CT molecular complexity index is 589. The summed E-state index contributed by atoms with van der Waals surface area (Å²) in [6, 6.07) is 13.0. The van der Waals surface area contributed by atoms with Crippen molar-refractivity contribution in [1.29, 1.82) is 0 Å². The fraction of sp³-hybridized carbons (Fsp3) is 0.267. The predicted octanol–water partition coefficient (Wildman–Crippen LogP) is 3.91. The summed E-state index contributed by atoms with van der Waals surface area (Å²) in [5.41, 5.74) is 2.81. The van der Waals surface area contributed by atoms with E-state index in [1.54, 1.807) is 0 Å². The summed E-state index contributed by atoms with van der Waals surface area (Å²) in [4.78, 5) is 5.13. The third-order valence-corrected chi connectivity index (χ3v) is 5.19. The van der Waals surface area contributed by atoms with Gasteiger partial charge in [0.2, 0.25) is 0 Å². The lowest BCUT2D eigenvalue weighted by atomic mass is 10.1. The number of benzene rings is 1. The third-order valence-electron chi connectivity index (χ3n) is 3.41. The second kappa shape index (κ2) is 5.65. The molecule has 0 saturated heterocycles. The maximum Gasteiger partial charge on any atom is 0.133 e. The SMILES string of the molecule is S=C(S)N1CCc2sc(Cc3ccccc3)cc2C1. The molecule has 4 heteroatoms. The van der Waals surface area contributed by atoms with Gasteiger partial charge in [-0.05, 0) is 23.6 Å². The zero-order chi connectivity index (χ0) is 13.2. The van der Waals surface area contributed by atoms with Crippen LogP contribution in [0.3, 0.4) is 0 Å². The largest absolute Gasteiger partial charge is 0.353 e. The van der Waals surface area contributed by atoms with Gasteiger partial charge >= 0.3 is 0 Å². The molecule has 98 valence electrons. The first-order valence-corrected chi connectivity index (χ1v) is 8.02. The van der Waals surface area contributed by atoms with E-state index < -0.39 is 0 Å². The fourth-order valence-corrected chi connectivity index (χ4v) is 3.97. The van der Waals surface area contributed by atoms with Crippen LogP contribution in [0, 0.1) is 0 Å². The second-order valence-corrected chi connectivity index (χ2v) is 7.11. The molecule has 0 atom stereocenters. The van der Waals surface area contributed by atoms with Gasteiger partial charge < -0.3 is 4.90 Å². The lowest BCUT2D eigenvalue weighted by molar-refractivity contribution is 0.411. The summed E-state index contributed by atoms with van der Waals surface area (Å²) < 4.78 is 0.710. The number of nitrogens with zero attached hydrogens (tertiary/aromatic N) is 1. The van der Waals surface area contributed by atoms with Gasteiger partial charge in [0.05, 0.1) is 0 Å². The molecule has 2 aromatic rings. The summed E-state index contributed by atoms with van der Waals surface area (Å²) in [6.07, 6.45) is 2.12. The van der Waals surface area contributed by atoms with Crippen LogP contribution in [0.1, 0.15) is 20.9 Å². The summed E-state index contributed by atoms with van der Waals surface area (Å²) in [6.45, 7) is 1.92. The summed E-state index contributed by atoms with van der Waals surface area (Å²) in [7, 11) is 0. The molecule has 0 aliphatic carbocycles. The van der Waals surface area contributed by atoms with E-state index in [0.717, 1.165) is 25.9 Å². The first kappa shape index (κ1) is 13.2. The molecule has 0 radical (unpaired) electrons. The van der Waals surface area contributed by atoms with Crippen LogP contribution in [-0.4, -0.2) is 15.8 Å². The topological polar surface area (TPSA) is 3.24 Å². The summed E-state index contributed by atoms with van der Waals surface area (Å²) in [5, 5.41) is 0. The number of hydrogen-bond donors (Lipinski definition) is 1. The Morgan fingerprint density at radius 1 is 1.32 bits per heavy atom. The lowest BCUT2D eigenvalue weighted by Crippen LogP contribution is -2.31. The number of hydrogen-bond acceptors (Lipinski definition) is 2. The minimum Gasteiger partial charge on any atom is -0.353 e. The van der Waals surface area contributed by atoms with E-state index in [4.69, 9.17) is 12.2 Å². The Hall–Kier alpha value is -0.840. The van der Waals surface area contributed by atoms with Gasteiger partial charge in [0.15, 0.2) is 0 Å². The van der Waals surface area contributed by atoms with E-state index in [2.05, 4.69) is 53.9 Å². The first-order chi connectivity index (χ1) is 9.22. The van der Waals surface area contributed by atoms with Gasteiger partial charge in [-0.15, -0.1) is 24.0 Å². The van der Waals surface area contributed by atoms with Crippen LogP contribution in [0.25, 0.3) is 0 Å². The number of fused-ring (bicyclic) bond motifs is 1. The van der Waals surface area contributed by atoms with Crippen molar-refractivity contribution < 1.29 is 0 Å². The minimum atomic E-state index is 0.710. The molecule has 1 aliphatic rings. The van der Waals surface area contributed by atoms with Gasteiger partial charge in [0.25, 0.3) is 0 Å². The molecule has 1 aliphatic heterocycles. The van der Waals surface area contributed by atoms with Gasteiger partial charge in [0.1, 0.15) is 4.32 Å². The molecular weight excluding hydrogens is 290 g/mol. The molecule has 1 nitrogen and oxygen atoms in total. The van der Waals surface area contributed by atoms with Crippen LogP contribution in [0.5, 0.6) is 0 Å². The van der Waals surface area contributed by atoms with Gasteiger partial charge in [0, 0.05) is 29.3 Å². The average Bonchev–Trinajstić information content (AvgIpc) is 2.80. The van der Waals surface area contributed by atoms with E-state index in [1.807, 2.05) is 11.3 Å². The Labute approximate surface area is 128 Å². The molecule has 1 aromatic carbocycles. The van der Waals surface area contributed by atoms with E-state index in [-0.39, 0.29) is 0 Å². The molecule has 0 amide bonds. The molecule has 0 spiro atoms. The van der Waals surface area contributed by atoms with Crippen molar-refractivity contribution in [3.8, 4) is 0 Å². The fourth-order valence-electron chi connectivity index (χ4n) is 2.44. The highest BCUT2D eigenvalue weighted by Crippen LogP contribution is 2.30. The van der Waals surface area contributed by atoms with Crippen LogP contribution in [0.4, 0.5) is 0 Å². The number of thiophene rings is 1. The van der Waals surface area contributed by atoms with Crippen molar-refractivity contribution in [2.24, 2.45) is 0 Å². The van der Waals surface area contributed by atoms with E-state index in [0.29, 0.717) is 4.32 Å². The Morgan fingerprint density at radius 3 is 2.84 bits per heavy atom. The van der Waals surface area contributed by atoms with Crippen LogP contribution in [-0.2, 0) is 19.4 Å². The average molecular weight is 305 g/mol. The molecule has 19 heavy (non-hydrogen) atoms. The highest BCUT2D eigenvalue weighted by atomic mass is 32.1. The van der Waals surface area contributed by atoms with Crippen molar-refractivity contribution in [1.82, 2.24) is 4.90 Å². The molecule has 0 N–H and O–H groups in total. The monoisotopic (exact) mass is 305 g/mol. The normalized spacial score (nSPS) is 14.3. The first-order valence-electron chi connectivity index (χ1n) is 6.34. The van der Waals surface area contributed by atoms with Gasteiger partial charge in [-0.2, -0.15) is 0 Å². The van der Waals surface area contributed by atoms with Crippen LogP contribution in [0.15, 0.2) is 36.4 Å². The molecule has 2 heterocycles. The molecule has 0 unspecified atom stereocenters. The van der Waals surface area contributed by atoms with Crippen molar-refractivity contribution in [2.45, 2.75) is 19.4 Å². The highest BCUT2D eigenvalue weighted by molar-refractivity contribution is 8.10. The zero-order valence-electron chi connectivity index (χ0n) is 10.5. The zero-order valence-corrected chi connectivity index (χ0v) is 13.0. The van der Waals surface area contributed by atoms with E-state index in [9.17, 15) is 0 Å². The summed E-state index contributed by atoms with van der Waals surface area (Å²) >= 11 is 11.4. The number of rotatable bonds is 2. The Morgan fingerprint density at radius 2 is 2.11 bits per heavy atom. The Balaban J connectivity index is 1.78. The smallest absolute Gasteiger partial charge is 0.133 e. The van der Waals surface area contributed by atoms with Gasteiger partial charge in [-0.25, -0.2) is 0 Å².